The maximum Gasteiger partial charge on any atom is 0.344 e. The monoisotopic (exact) mass is 280 g/mol. The van der Waals surface area contributed by atoms with Gasteiger partial charge in [-0.2, -0.15) is 0 Å². The van der Waals surface area contributed by atoms with E-state index in [9.17, 15) is 9.59 Å². The highest BCUT2D eigenvalue weighted by atomic mass is 16.4. The Morgan fingerprint density at radius 1 is 1.14 bits per heavy atom. The topological polar surface area (TPSA) is 72.2 Å². The zero-order chi connectivity index (χ0) is 14.7. The Bertz CT molecular complexity index is 841. The van der Waals surface area contributed by atoms with Gasteiger partial charge >= 0.3 is 5.63 Å². The molecule has 1 amide bonds. The third-order valence-electron chi connectivity index (χ3n) is 3.10. The van der Waals surface area contributed by atoms with Crippen LogP contribution in [0.1, 0.15) is 16.1 Å². The SMILES string of the molecule is O=C(NCc1ccncc1)c1cc2ccccc2c(=O)o1. The van der Waals surface area contributed by atoms with Gasteiger partial charge in [-0.15, -0.1) is 0 Å². The quantitative estimate of drug-likeness (QED) is 0.797. The van der Waals surface area contributed by atoms with Crippen molar-refractivity contribution in [3.05, 3.63) is 76.6 Å². The first kappa shape index (κ1) is 13.1. The van der Waals surface area contributed by atoms with Crippen molar-refractivity contribution in [3.8, 4) is 0 Å². The van der Waals surface area contributed by atoms with Crippen molar-refractivity contribution in [2.24, 2.45) is 0 Å². The van der Waals surface area contributed by atoms with E-state index < -0.39 is 11.5 Å². The van der Waals surface area contributed by atoms with Crippen molar-refractivity contribution < 1.29 is 9.21 Å². The van der Waals surface area contributed by atoms with Crippen LogP contribution in [0.2, 0.25) is 0 Å². The van der Waals surface area contributed by atoms with Gasteiger partial charge < -0.3 is 9.73 Å². The van der Waals surface area contributed by atoms with Gasteiger partial charge in [0.2, 0.25) is 0 Å². The molecule has 3 aromatic rings. The summed E-state index contributed by atoms with van der Waals surface area (Å²) >= 11 is 0. The van der Waals surface area contributed by atoms with Crippen LogP contribution in [-0.4, -0.2) is 10.9 Å². The molecule has 0 aliphatic rings. The lowest BCUT2D eigenvalue weighted by Gasteiger charge is -2.05. The number of carbonyl (C=O) groups is 1. The molecule has 0 atom stereocenters. The summed E-state index contributed by atoms with van der Waals surface area (Å²) in [6.07, 6.45) is 3.30. The summed E-state index contributed by atoms with van der Waals surface area (Å²) in [4.78, 5) is 27.8. The second kappa shape index (κ2) is 5.58. The Morgan fingerprint density at radius 2 is 1.90 bits per heavy atom. The fraction of sp³-hybridized carbons (Fsp3) is 0.0625. The Balaban J connectivity index is 1.83. The zero-order valence-electron chi connectivity index (χ0n) is 11.1. The van der Waals surface area contributed by atoms with Gasteiger partial charge in [-0.25, -0.2) is 4.79 Å². The predicted octanol–water partition coefficient (Wildman–Crippen LogP) is 2.12. The molecule has 2 heterocycles. The van der Waals surface area contributed by atoms with E-state index in [0.717, 1.165) is 5.56 Å². The number of hydrogen-bond acceptors (Lipinski definition) is 4. The number of fused-ring (bicyclic) bond motifs is 1. The predicted molar refractivity (Wildman–Crippen MR) is 77.9 cm³/mol. The first-order chi connectivity index (χ1) is 10.2. The van der Waals surface area contributed by atoms with Gasteiger partial charge in [0, 0.05) is 18.9 Å². The van der Waals surface area contributed by atoms with E-state index in [1.165, 1.54) is 0 Å². The summed E-state index contributed by atoms with van der Waals surface area (Å²) < 4.78 is 5.06. The van der Waals surface area contributed by atoms with E-state index in [2.05, 4.69) is 10.3 Å². The van der Waals surface area contributed by atoms with Crippen molar-refractivity contribution in [2.45, 2.75) is 6.54 Å². The largest absolute Gasteiger partial charge is 0.417 e. The highest BCUT2D eigenvalue weighted by Gasteiger charge is 2.11. The number of rotatable bonds is 3. The van der Waals surface area contributed by atoms with E-state index >= 15 is 0 Å². The number of aromatic nitrogens is 1. The van der Waals surface area contributed by atoms with Crippen molar-refractivity contribution in [1.29, 1.82) is 0 Å². The Kier molecular flexibility index (Phi) is 3.47. The number of benzene rings is 1. The molecule has 5 heteroatoms. The van der Waals surface area contributed by atoms with Crippen molar-refractivity contribution in [3.63, 3.8) is 0 Å². The Labute approximate surface area is 120 Å². The highest BCUT2D eigenvalue weighted by Crippen LogP contribution is 2.11. The summed E-state index contributed by atoms with van der Waals surface area (Å²) in [6.45, 7) is 0.345. The molecule has 0 aliphatic carbocycles. The second-order valence-corrected chi connectivity index (χ2v) is 4.52. The van der Waals surface area contributed by atoms with Crippen LogP contribution in [-0.2, 0) is 6.54 Å². The molecule has 0 fully saturated rings. The van der Waals surface area contributed by atoms with Crippen LogP contribution in [0.15, 0.2) is 64.1 Å². The molecule has 0 unspecified atom stereocenters. The molecule has 104 valence electrons. The highest BCUT2D eigenvalue weighted by molar-refractivity contribution is 5.95. The molecule has 2 aromatic heterocycles. The van der Waals surface area contributed by atoms with Crippen LogP contribution in [0.25, 0.3) is 10.8 Å². The number of nitrogens with one attached hydrogen (secondary N) is 1. The molecular formula is C16H12N2O3. The number of hydrogen-bond donors (Lipinski definition) is 1. The molecular weight excluding hydrogens is 268 g/mol. The fourth-order valence-corrected chi connectivity index (χ4v) is 2.02. The average Bonchev–Trinajstić information content (AvgIpc) is 2.53. The number of amides is 1. The van der Waals surface area contributed by atoms with E-state index in [-0.39, 0.29) is 5.76 Å². The van der Waals surface area contributed by atoms with E-state index in [0.29, 0.717) is 17.3 Å². The molecule has 0 saturated heterocycles. The van der Waals surface area contributed by atoms with Crippen LogP contribution in [0.4, 0.5) is 0 Å². The van der Waals surface area contributed by atoms with Gasteiger partial charge in [0.15, 0.2) is 5.76 Å². The molecule has 1 aromatic carbocycles. The molecule has 0 radical (unpaired) electrons. The minimum Gasteiger partial charge on any atom is -0.417 e. The van der Waals surface area contributed by atoms with Crippen LogP contribution in [0.3, 0.4) is 0 Å². The lowest BCUT2D eigenvalue weighted by molar-refractivity contribution is 0.0919. The molecule has 21 heavy (non-hydrogen) atoms. The van der Waals surface area contributed by atoms with Gasteiger partial charge in [-0.3, -0.25) is 9.78 Å². The normalized spacial score (nSPS) is 10.5. The second-order valence-electron chi connectivity index (χ2n) is 4.52. The minimum atomic E-state index is -0.512. The Morgan fingerprint density at radius 3 is 2.71 bits per heavy atom. The van der Waals surface area contributed by atoms with E-state index in [1.807, 2.05) is 0 Å². The molecule has 0 spiro atoms. The molecule has 0 bridgehead atoms. The lowest BCUT2D eigenvalue weighted by atomic mass is 10.1. The number of nitrogens with zero attached hydrogens (tertiary/aromatic N) is 1. The summed E-state index contributed by atoms with van der Waals surface area (Å²) in [7, 11) is 0. The van der Waals surface area contributed by atoms with Crippen LogP contribution in [0, 0.1) is 0 Å². The first-order valence-electron chi connectivity index (χ1n) is 6.44. The third kappa shape index (κ3) is 2.81. The fourth-order valence-electron chi connectivity index (χ4n) is 2.02. The molecule has 0 aliphatic heterocycles. The van der Waals surface area contributed by atoms with Gasteiger partial charge in [-0.1, -0.05) is 18.2 Å². The molecule has 0 saturated carbocycles. The van der Waals surface area contributed by atoms with Crippen LogP contribution < -0.4 is 10.9 Å². The van der Waals surface area contributed by atoms with Crippen molar-refractivity contribution in [1.82, 2.24) is 10.3 Å². The van der Waals surface area contributed by atoms with Crippen molar-refractivity contribution in [2.75, 3.05) is 0 Å². The molecule has 1 N–H and O–H groups in total. The van der Waals surface area contributed by atoms with Crippen molar-refractivity contribution >= 4 is 16.7 Å². The lowest BCUT2D eigenvalue weighted by Crippen LogP contribution is -2.24. The molecule has 3 rings (SSSR count). The zero-order valence-corrected chi connectivity index (χ0v) is 11.1. The summed E-state index contributed by atoms with van der Waals surface area (Å²) in [5.41, 5.74) is 0.406. The molecule has 5 nitrogen and oxygen atoms in total. The van der Waals surface area contributed by atoms with E-state index in [4.69, 9.17) is 4.42 Å². The maximum atomic E-state index is 12.1. The Hall–Kier alpha value is -2.95. The smallest absolute Gasteiger partial charge is 0.344 e. The summed E-state index contributed by atoms with van der Waals surface area (Å²) in [6, 6.07) is 12.2. The third-order valence-corrected chi connectivity index (χ3v) is 3.10. The van der Waals surface area contributed by atoms with Gasteiger partial charge in [0.05, 0.1) is 5.39 Å². The standard InChI is InChI=1S/C16H12N2O3/c19-15(18-10-11-5-7-17-8-6-11)14-9-12-3-1-2-4-13(12)16(20)21-14/h1-9H,10H2,(H,18,19). The average molecular weight is 280 g/mol. The van der Waals surface area contributed by atoms with Crippen LogP contribution >= 0.6 is 0 Å². The van der Waals surface area contributed by atoms with E-state index in [1.54, 1.807) is 54.9 Å². The number of carbonyl (C=O) groups excluding carboxylic acids is 1. The summed E-state index contributed by atoms with van der Waals surface area (Å²) in [5.74, 6) is -0.414. The maximum absolute atomic E-state index is 12.1. The van der Waals surface area contributed by atoms with Gasteiger partial charge in [-0.05, 0) is 35.2 Å². The van der Waals surface area contributed by atoms with Gasteiger partial charge in [0.1, 0.15) is 0 Å². The number of pyridine rings is 1. The van der Waals surface area contributed by atoms with Crippen LogP contribution in [0.5, 0.6) is 0 Å². The summed E-state index contributed by atoms with van der Waals surface area (Å²) in [5, 5.41) is 3.85. The minimum absolute atomic E-state index is 0.00718. The van der Waals surface area contributed by atoms with Gasteiger partial charge in [0.25, 0.3) is 5.91 Å². The first-order valence-corrected chi connectivity index (χ1v) is 6.44.